The van der Waals surface area contributed by atoms with Gasteiger partial charge in [0.05, 0.1) is 18.9 Å². The van der Waals surface area contributed by atoms with Crippen LogP contribution < -0.4 is 5.32 Å². The molecule has 2 N–H and O–H groups in total. The summed E-state index contributed by atoms with van der Waals surface area (Å²) < 4.78 is 33.7. The Balaban J connectivity index is 2.24. The van der Waals surface area contributed by atoms with Crippen molar-refractivity contribution in [2.24, 2.45) is 0 Å². The summed E-state index contributed by atoms with van der Waals surface area (Å²) in [6, 6.07) is 1.89. The SMILES string of the molecule is CC(=O)N[C@@H](CC(=O)N(CCC(=O)O)C1CCOCC1)c1c(F)cccc1F. The second-order valence-electron chi connectivity index (χ2n) is 6.67. The Morgan fingerprint density at radius 3 is 2.39 bits per heavy atom. The number of carbonyl (C=O) groups excluding carboxylic acids is 2. The molecule has 1 fully saturated rings. The van der Waals surface area contributed by atoms with E-state index in [9.17, 15) is 23.2 Å². The van der Waals surface area contributed by atoms with E-state index in [1.807, 2.05) is 0 Å². The molecule has 2 rings (SSSR count). The van der Waals surface area contributed by atoms with Gasteiger partial charge in [0.15, 0.2) is 0 Å². The van der Waals surface area contributed by atoms with Gasteiger partial charge in [-0.05, 0) is 25.0 Å². The molecule has 1 aliphatic rings. The molecule has 1 aromatic carbocycles. The van der Waals surface area contributed by atoms with Crippen molar-refractivity contribution in [2.45, 2.75) is 44.7 Å². The van der Waals surface area contributed by atoms with Crippen LogP contribution in [0.15, 0.2) is 18.2 Å². The summed E-state index contributed by atoms with van der Waals surface area (Å²) in [6.45, 7) is 2.06. The predicted molar refractivity (Wildman–Crippen MR) is 95.3 cm³/mol. The lowest BCUT2D eigenvalue weighted by molar-refractivity contribution is -0.140. The van der Waals surface area contributed by atoms with Crippen LogP contribution in [0, 0.1) is 11.6 Å². The zero-order valence-corrected chi connectivity index (χ0v) is 15.6. The molecule has 0 bridgehead atoms. The molecule has 0 spiro atoms. The van der Waals surface area contributed by atoms with Crippen LogP contribution in [0.2, 0.25) is 0 Å². The largest absolute Gasteiger partial charge is 0.481 e. The smallest absolute Gasteiger partial charge is 0.305 e. The minimum Gasteiger partial charge on any atom is -0.481 e. The molecule has 0 aliphatic carbocycles. The summed E-state index contributed by atoms with van der Waals surface area (Å²) in [4.78, 5) is 36.9. The normalized spacial score (nSPS) is 15.7. The van der Waals surface area contributed by atoms with Crippen molar-refractivity contribution in [3.05, 3.63) is 35.4 Å². The van der Waals surface area contributed by atoms with E-state index in [2.05, 4.69) is 5.32 Å². The Morgan fingerprint density at radius 2 is 1.86 bits per heavy atom. The first-order valence-corrected chi connectivity index (χ1v) is 9.09. The molecular weight excluding hydrogens is 374 g/mol. The number of ether oxygens (including phenoxy) is 1. The average Bonchev–Trinajstić information content (AvgIpc) is 2.61. The Kier molecular flexibility index (Phi) is 7.86. The first kappa shape index (κ1) is 21.7. The number of carbonyl (C=O) groups is 3. The van der Waals surface area contributed by atoms with Crippen molar-refractivity contribution >= 4 is 17.8 Å². The number of hydrogen-bond acceptors (Lipinski definition) is 4. The van der Waals surface area contributed by atoms with Gasteiger partial charge in [0.2, 0.25) is 11.8 Å². The summed E-state index contributed by atoms with van der Waals surface area (Å²) in [5, 5.41) is 11.4. The van der Waals surface area contributed by atoms with Crippen LogP contribution >= 0.6 is 0 Å². The van der Waals surface area contributed by atoms with Gasteiger partial charge in [-0.15, -0.1) is 0 Å². The number of carboxylic acids is 1. The molecular formula is C19H24F2N2O5. The molecule has 0 saturated carbocycles. The van der Waals surface area contributed by atoms with Crippen molar-refractivity contribution in [1.82, 2.24) is 10.2 Å². The van der Waals surface area contributed by atoms with Gasteiger partial charge in [-0.2, -0.15) is 0 Å². The van der Waals surface area contributed by atoms with Gasteiger partial charge in [0.25, 0.3) is 0 Å². The fourth-order valence-electron chi connectivity index (χ4n) is 3.33. The van der Waals surface area contributed by atoms with Crippen LogP contribution in [0.5, 0.6) is 0 Å². The molecule has 154 valence electrons. The van der Waals surface area contributed by atoms with Crippen LogP contribution in [0.4, 0.5) is 8.78 Å². The summed E-state index contributed by atoms with van der Waals surface area (Å²) in [5.74, 6) is -3.80. The summed E-state index contributed by atoms with van der Waals surface area (Å²) in [6.07, 6.45) is 0.463. The Hall–Kier alpha value is -2.55. The van der Waals surface area contributed by atoms with Crippen LogP contribution in [0.1, 0.15) is 44.2 Å². The minimum absolute atomic E-state index is 0.0224. The van der Waals surface area contributed by atoms with E-state index in [4.69, 9.17) is 9.84 Å². The average molecular weight is 398 g/mol. The number of hydrogen-bond donors (Lipinski definition) is 2. The molecule has 2 amide bonds. The maximum absolute atomic E-state index is 14.2. The van der Waals surface area contributed by atoms with E-state index in [-0.39, 0.29) is 25.4 Å². The molecule has 1 heterocycles. The van der Waals surface area contributed by atoms with Gasteiger partial charge >= 0.3 is 5.97 Å². The monoisotopic (exact) mass is 398 g/mol. The fraction of sp³-hybridized carbons (Fsp3) is 0.526. The number of nitrogens with zero attached hydrogens (tertiary/aromatic N) is 1. The van der Waals surface area contributed by atoms with Crippen LogP contribution in [-0.2, 0) is 19.1 Å². The third kappa shape index (κ3) is 5.98. The van der Waals surface area contributed by atoms with E-state index < -0.39 is 41.0 Å². The number of benzene rings is 1. The molecule has 28 heavy (non-hydrogen) atoms. The number of halogens is 2. The van der Waals surface area contributed by atoms with Crippen LogP contribution in [0.25, 0.3) is 0 Å². The maximum Gasteiger partial charge on any atom is 0.305 e. The molecule has 1 aliphatic heterocycles. The highest BCUT2D eigenvalue weighted by Crippen LogP contribution is 2.26. The summed E-state index contributed by atoms with van der Waals surface area (Å²) >= 11 is 0. The van der Waals surface area contributed by atoms with Crippen molar-refractivity contribution in [1.29, 1.82) is 0 Å². The Morgan fingerprint density at radius 1 is 1.25 bits per heavy atom. The van der Waals surface area contributed by atoms with Gasteiger partial charge in [-0.1, -0.05) is 6.07 Å². The predicted octanol–water partition coefficient (Wildman–Crippen LogP) is 2.01. The van der Waals surface area contributed by atoms with Crippen molar-refractivity contribution in [2.75, 3.05) is 19.8 Å². The van der Waals surface area contributed by atoms with Gasteiger partial charge in [-0.25, -0.2) is 8.78 Å². The molecule has 9 heteroatoms. The zero-order valence-electron chi connectivity index (χ0n) is 15.6. The van der Waals surface area contributed by atoms with Crippen LogP contribution in [0.3, 0.4) is 0 Å². The lowest BCUT2D eigenvalue weighted by Gasteiger charge is -2.35. The maximum atomic E-state index is 14.2. The topological polar surface area (TPSA) is 95.9 Å². The first-order valence-electron chi connectivity index (χ1n) is 9.09. The molecule has 0 radical (unpaired) electrons. The Labute approximate surface area is 161 Å². The number of nitrogens with one attached hydrogen (secondary N) is 1. The highest BCUT2D eigenvalue weighted by Gasteiger charge is 2.30. The molecule has 1 saturated heterocycles. The number of rotatable bonds is 8. The van der Waals surface area contributed by atoms with E-state index in [0.29, 0.717) is 26.1 Å². The van der Waals surface area contributed by atoms with Crippen LogP contribution in [-0.4, -0.2) is 53.6 Å². The summed E-state index contributed by atoms with van der Waals surface area (Å²) in [7, 11) is 0. The van der Waals surface area contributed by atoms with Gasteiger partial charge in [0.1, 0.15) is 11.6 Å². The Bertz CT molecular complexity index is 702. The quantitative estimate of drug-likeness (QED) is 0.699. The summed E-state index contributed by atoms with van der Waals surface area (Å²) in [5.41, 5.74) is -0.392. The molecule has 7 nitrogen and oxygen atoms in total. The second-order valence-corrected chi connectivity index (χ2v) is 6.67. The molecule has 1 aromatic rings. The highest BCUT2D eigenvalue weighted by molar-refractivity contribution is 5.80. The molecule has 0 unspecified atom stereocenters. The lowest BCUT2D eigenvalue weighted by atomic mass is 9.99. The zero-order chi connectivity index (χ0) is 20.7. The first-order chi connectivity index (χ1) is 13.3. The van der Waals surface area contributed by atoms with Crippen molar-refractivity contribution < 1.29 is 33.0 Å². The van der Waals surface area contributed by atoms with Crippen molar-refractivity contribution in [3.63, 3.8) is 0 Å². The molecule has 1 atom stereocenters. The third-order valence-electron chi connectivity index (χ3n) is 4.62. The minimum atomic E-state index is -1.20. The van der Waals surface area contributed by atoms with E-state index in [1.54, 1.807) is 0 Å². The van der Waals surface area contributed by atoms with E-state index >= 15 is 0 Å². The standard InChI is InChI=1S/C19H24F2N2O5/c1-12(24)22-16(19-14(20)3-2-4-15(19)21)11-17(25)23(8-5-18(26)27)13-6-9-28-10-7-13/h2-4,13,16H,5-11H2,1H3,(H,22,24)(H,26,27)/t16-/m0/s1. The highest BCUT2D eigenvalue weighted by atomic mass is 19.1. The third-order valence-corrected chi connectivity index (χ3v) is 4.62. The van der Waals surface area contributed by atoms with Gasteiger partial charge in [-0.3, -0.25) is 14.4 Å². The van der Waals surface area contributed by atoms with Gasteiger partial charge < -0.3 is 20.1 Å². The molecule has 0 aromatic heterocycles. The number of aliphatic carboxylic acids is 1. The van der Waals surface area contributed by atoms with E-state index in [0.717, 1.165) is 12.1 Å². The van der Waals surface area contributed by atoms with E-state index in [1.165, 1.54) is 17.9 Å². The van der Waals surface area contributed by atoms with Gasteiger partial charge in [0, 0.05) is 38.3 Å². The number of amides is 2. The number of carboxylic acid groups (broad SMARTS) is 1. The lowest BCUT2D eigenvalue weighted by Crippen LogP contribution is -2.46. The second kappa shape index (κ2) is 10.1. The fourth-order valence-corrected chi connectivity index (χ4v) is 3.33. The van der Waals surface area contributed by atoms with Crippen molar-refractivity contribution in [3.8, 4) is 0 Å².